The number of ether oxygens (including phenoxy) is 1. The van der Waals surface area contributed by atoms with Crippen molar-refractivity contribution in [3.63, 3.8) is 0 Å². The van der Waals surface area contributed by atoms with E-state index < -0.39 is 11.1 Å². The first kappa shape index (κ1) is 24.8. The number of aryl methyl sites for hydroxylation is 1. The van der Waals surface area contributed by atoms with Gasteiger partial charge in [0, 0.05) is 31.3 Å². The molecule has 0 radical (unpaired) electrons. The van der Waals surface area contributed by atoms with Crippen LogP contribution in [0.3, 0.4) is 0 Å². The first-order chi connectivity index (χ1) is 13.3. The summed E-state index contributed by atoms with van der Waals surface area (Å²) in [5, 5.41) is 13.9. The second kappa shape index (κ2) is 16.0. The molecule has 1 heterocycles. The van der Waals surface area contributed by atoms with Crippen LogP contribution in [0, 0.1) is 17.0 Å². The van der Waals surface area contributed by atoms with Crippen LogP contribution in [0.5, 0.6) is 0 Å². The standard InChI is InChI=1S/C12H21N3O7.C4H6N2/c1-21-12(18)9-14-11(17)6-7-13-10(16)5-3-2-4-8-22-15(19)20;1-4-2-5-3-6-4/h2-9H2,1H3,(H,13,16)(H,14,17);2-3H,1H3,(H,5,6). The van der Waals surface area contributed by atoms with E-state index in [9.17, 15) is 24.5 Å². The number of methoxy groups -OCH3 is 1. The van der Waals surface area contributed by atoms with E-state index in [0.717, 1.165) is 5.69 Å². The summed E-state index contributed by atoms with van der Waals surface area (Å²) in [5.74, 6) is -1.10. The number of esters is 1. The van der Waals surface area contributed by atoms with Gasteiger partial charge in [-0.1, -0.05) is 6.42 Å². The Morgan fingerprint density at radius 1 is 1.18 bits per heavy atom. The molecule has 0 fully saturated rings. The Balaban J connectivity index is 0.00000102. The lowest BCUT2D eigenvalue weighted by Gasteiger charge is -2.06. The Hall–Kier alpha value is -3.18. The lowest BCUT2D eigenvalue weighted by Crippen LogP contribution is -2.33. The highest BCUT2D eigenvalue weighted by Gasteiger charge is 2.06. The van der Waals surface area contributed by atoms with Gasteiger partial charge in [0.15, 0.2) is 0 Å². The zero-order valence-corrected chi connectivity index (χ0v) is 16.1. The summed E-state index contributed by atoms with van der Waals surface area (Å²) in [4.78, 5) is 54.2. The fourth-order valence-electron chi connectivity index (χ4n) is 1.76. The smallest absolute Gasteiger partial charge is 0.325 e. The Labute approximate surface area is 162 Å². The molecule has 28 heavy (non-hydrogen) atoms. The lowest BCUT2D eigenvalue weighted by molar-refractivity contribution is -0.757. The van der Waals surface area contributed by atoms with Gasteiger partial charge in [0.25, 0.3) is 5.09 Å². The number of hydrogen-bond acceptors (Lipinski definition) is 8. The third-order valence-corrected chi connectivity index (χ3v) is 3.21. The van der Waals surface area contributed by atoms with Gasteiger partial charge < -0.3 is 25.2 Å². The summed E-state index contributed by atoms with van der Waals surface area (Å²) in [7, 11) is 1.22. The number of aromatic amines is 1. The molecule has 0 aromatic carbocycles. The zero-order chi connectivity index (χ0) is 21.2. The minimum atomic E-state index is -0.849. The van der Waals surface area contributed by atoms with E-state index >= 15 is 0 Å². The second-order valence-corrected chi connectivity index (χ2v) is 5.55. The molecule has 2 amide bonds. The monoisotopic (exact) mass is 401 g/mol. The van der Waals surface area contributed by atoms with Crippen molar-refractivity contribution in [3.05, 3.63) is 28.3 Å². The summed E-state index contributed by atoms with van der Waals surface area (Å²) < 4.78 is 4.36. The molecule has 1 rings (SSSR count). The maximum atomic E-state index is 11.4. The molecular formula is C16H27N5O7. The third kappa shape index (κ3) is 16.3. The minimum absolute atomic E-state index is 0.0228. The highest BCUT2D eigenvalue weighted by Crippen LogP contribution is 2.00. The lowest BCUT2D eigenvalue weighted by atomic mass is 10.2. The van der Waals surface area contributed by atoms with Gasteiger partial charge in [-0.3, -0.25) is 14.4 Å². The van der Waals surface area contributed by atoms with Crippen molar-refractivity contribution < 1.29 is 29.0 Å². The predicted molar refractivity (Wildman–Crippen MR) is 97.4 cm³/mol. The van der Waals surface area contributed by atoms with E-state index in [-0.39, 0.29) is 44.4 Å². The number of carbonyl (C=O) groups excluding carboxylic acids is 3. The molecule has 158 valence electrons. The summed E-state index contributed by atoms with van der Waals surface area (Å²) in [6.45, 7) is 1.97. The summed E-state index contributed by atoms with van der Waals surface area (Å²) in [6, 6.07) is 0. The number of hydrogen-bond donors (Lipinski definition) is 3. The van der Waals surface area contributed by atoms with Gasteiger partial charge in [-0.2, -0.15) is 0 Å². The number of nitrogens with one attached hydrogen (secondary N) is 3. The number of imidazole rings is 1. The first-order valence-electron chi connectivity index (χ1n) is 8.67. The molecule has 0 aliphatic rings. The molecule has 0 aliphatic carbocycles. The van der Waals surface area contributed by atoms with Crippen molar-refractivity contribution in [1.82, 2.24) is 20.6 Å². The minimum Gasteiger partial charge on any atom is -0.468 e. The van der Waals surface area contributed by atoms with E-state index in [2.05, 4.69) is 30.2 Å². The molecule has 0 atom stereocenters. The molecule has 3 N–H and O–H groups in total. The van der Waals surface area contributed by atoms with E-state index in [0.29, 0.717) is 19.3 Å². The number of amides is 2. The van der Waals surface area contributed by atoms with Gasteiger partial charge in [-0.25, -0.2) is 4.98 Å². The Kier molecular flexibility index (Phi) is 14.2. The normalized spacial score (nSPS) is 9.50. The van der Waals surface area contributed by atoms with Gasteiger partial charge in [-0.05, 0) is 19.8 Å². The zero-order valence-electron chi connectivity index (χ0n) is 16.1. The Morgan fingerprint density at radius 3 is 2.43 bits per heavy atom. The van der Waals surface area contributed by atoms with Crippen molar-refractivity contribution in [2.24, 2.45) is 0 Å². The molecular weight excluding hydrogens is 374 g/mol. The largest absolute Gasteiger partial charge is 0.468 e. The Bertz CT molecular complexity index is 592. The van der Waals surface area contributed by atoms with Crippen molar-refractivity contribution >= 4 is 17.8 Å². The summed E-state index contributed by atoms with van der Waals surface area (Å²) in [5.41, 5.74) is 1.11. The summed E-state index contributed by atoms with van der Waals surface area (Å²) >= 11 is 0. The average Bonchev–Trinajstić information content (AvgIpc) is 3.13. The van der Waals surface area contributed by atoms with Crippen LogP contribution in [0.4, 0.5) is 0 Å². The number of rotatable bonds is 12. The van der Waals surface area contributed by atoms with Gasteiger partial charge in [0.05, 0.1) is 20.0 Å². The molecule has 12 nitrogen and oxygen atoms in total. The number of aromatic nitrogens is 2. The van der Waals surface area contributed by atoms with Crippen molar-refractivity contribution in [3.8, 4) is 0 Å². The van der Waals surface area contributed by atoms with E-state index in [1.165, 1.54) is 7.11 Å². The highest BCUT2D eigenvalue weighted by molar-refractivity contribution is 5.82. The topological polar surface area (TPSA) is 166 Å². The number of H-pyrrole nitrogens is 1. The molecule has 0 unspecified atom stereocenters. The van der Waals surface area contributed by atoms with Crippen LogP contribution in [0.1, 0.15) is 37.8 Å². The fraction of sp³-hybridized carbons (Fsp3) is 0.625. The van der Waals surface area contributed by atoms with Gasteiger partial charge in [-0.15, -0.1) is 10.1 Å². The number of nitrogens with zero attached hydrogens (tertiary/aromatic N) is 2. The maximum absolute atomic E-state index is 11.4. The van der Waals surface area contributed by atoms with Crippen LogP contribution in [0.15, 0.2) is 12.5 Å². The molecule has 1 aromatic heterocycles. The van der Waals surface area contributed by atoms with Crippen LogP contribution in [-0.4, -0.2) is 59.6 Å². The number of carbonyl (C=O) groups is 3. The quantitative estimate of drug-likeness (QED) is 0.194. The first-order valence-corrected chi connectivity index (χ1v) is 8.67. The van der Waals surface area contributed by atoms with Crippen LogP contribution >= 0.6 is 0 Å². The van der Waals surface area contributed by atoms with Crippen LogP contribution in [0.2, 0.25) is 0 Å². The van der Waals surface area contributed by atoms with Crippen LogP contribution in [0.25, 0.3) is 0 Å². The highest BCUT2D eigenvalue weighted by atomic mass is 16.9. The molecule has 1 aromatic rings. The van der Waals surface area contributed by atoms with E-state index in [1.54, 1.807) is 12.5 Å². The maximum Gasteiger partial charge on any atom is 0.325 e. The molecule has 0 aliphatic heterocycles. The molecule has 0 spiro atoms. The third-order valence-electron chi connectivity index (χ3n) is 3.21. The van der Waals surface area contributed by atoms with Gasteiger partial charge >= 0.3 is 5.97 Å². The SMILES string of the molecule is COC(=O)CNC(=O)CCNC(=O)CCCCCO[N+](=O)[O-].Cc1cnc[nH]1. The predicted octanol–water partition coefficient (Wildman–Crippen LogP) is 0.269. The van der Waals surface area contributed by atoms with Crippen LogP contribution < -0.4 is 10.6 Å². The number of unbranched alkanes of at least 4 members (excludes halogenated alkanes) is 2. The molecule has 0 saturated heterocycles. The average molecular weight is 401 g/mol. The molecule has 12 heteroatoms. The fourth-order valence-corrected chi connectivity index (χ4v) is 1.76. The van der Waals surface area contributed by atoms with Crippen LogP contribution in [-0.2, 0) is 24.0 Å². The van der Waals surface area contributed by atoms with Crippen molar-refractivity contribution in [2.45, 2.75) is 39.0 Å². The summed E-state index contributed by atoms with van der Waals surface area (Å²) in [6.07, 6.45) is 5.52. The Morgan fingerprint density at radius 2 is 1.89 bits per heavy atom. The second-order valence-electron chi connectivity index (χ2n) is 5.55. The molecule has 0 saturated carbocycles. The van der Waals surface area contributed by atoms with Gasteiger partial charge in [0.1, 0.15) is 6.54 Å². The van der Waals surface area contributed by atoms with Crippen molar-refractivity contribution in [2.75, 3.05) is 26.8 Å². The van der Waals surface area contributed by atoms with Crippen molar-refractivity contribution in [1.29, 1.82) is 0 Å². The van der Waals surface area contributed by atoms with Gasteiger partial charge in [0.2, 0.25) is 11.8 Å². The van der Waals surface area contributed by atoms with E-state index in [4.69, 9.17) is 0 Å². The molecule has 0 bridgehead atoms. The van der Waals surface area contributed by atoms with E-state index in [1.807, 2.05) is 6.92 Å².